The van der Waals surface area contributed by atoms with Gasteiger partial charge in [0.2, 0.25) is 0 Å². The number of carboxylic acids is 1. The SMILES string of the molecule is C[Si](C)(C)O[Si](C)(C)CCCOC(COC(=O)/C=C/C(=O)O)c1ccccc1. The van der Waals surface area contributed by atoms with E-state index in [-0.39, 0.29) is 6.61 Å². The van der Waals surface area contributed by atoms with Gasteiger partial charge in [0.15, 0.2) is 16.6 Å². The Kier molecular flexibility index (Phi) is 9.81. The molecule has 0 radical (unpaired) electrons. The third kappa shape index (κ3) is 11.2. The minimum Gasteiger partial charge on any atom is -0.478 e. The summed E-state index contributed by atoms with van der Waals surface area (Å²) in [7, 11) is -3.27. The van der Waals surface area contributed by atoms with Crippen LogP contribution in [0.15, 0.2) is 42.5 Å². The minimum absolute atomic E-state index is 0.0268. The fraction of sp³-hybridized carbons (Fsp3) is 0.500. The topological polar surface area (TPSA) is 82.1 Å². The molecule has 0 amide bonds. The molecule has 0 aliphatic heterocycles. The second kappa shape index (κ2) is 11.3. The maximum absolute atomic E-state index is 11.6. The van der Waals surface area contributed by atoms with Crippen LogP contribution < -0.4 is 0 Å². The third-order valence-corrected chi connectivity index (χ3v) is 9.95. The first kappa shape index (κ1) is 24.3. The van der Waals surface area contributed by atoms with Crippen molar-refractivity contribution in [2.45, 2.75) is 51.3 Å². The average molecular weight is 425 g/mol. The summed E-state index contributed by atoms with van der Waals surface area (Å²) < 4.78 is 17.5. The molecule has 0 fully saturated rings. The highest BCUT2D eigenvalue weighted by Crippen LogP contribution is 2.22. The van der Waals surface area contributed by atoms with Crippen molar-refractivity contribution in [2.24, 2.45) is 0 Å². The largest absolute Gasteiger partial charge is 0.478 e. The molecule has 1 unspecified atom stereocenters. The van der Waals surface area contributed by atoms with Gasteiger partial charge in [0.05, 0.1) is 0 Å². The second-order valence-electron chi connectivity index (χ2n) is 8.15. The molecule has 1 aromatic rings. The summed E-state index contributed by atoms with van der Waals surface area (Å²) in [5.41, 5.74) is 0.910. The third-order valence-electron chi connectivity index (χ3n) is 3.74. The van der Waals surface area contributed by atoms with Crippen LogP contribution in [0.1, 0.15) is 18.1 Å². The number of aliphatic carboxylic acids is 1. The molecule has 1 atom stereocenters. The fourth-order valence-corrected chi connectivity index (χ4v) is 10.9. The van der Waals surface area contributed by atoms with Crippen LogP contribution >= 0.6 is 0 Å². The highest BCUT2D eigenvalue weighted by Gasteiger charge is 2.29. The standard InChI is InChI=1S/C20H32O6Si2/c1-27(2,3)26-28(4,5)15-9-14-24-18(17-10-7-6-8-11-17)16-25-20(23)13-12-19(21)22/h6-8,10-13,18H,9,14-16H2,1-5H3,(H,21,22)/b13-12+. The summed E-state index contributed by atoms with van der Waals surface area (Å²) in [5.74, 6) is -1.90. The van der Waals surface area contributed by atoms with Crippen LogP contribution in [0, 0.1) is 0 Å². The van der Waals surface area contributed by atoms with Crippen LogP contribution in [0.25, 0.3) is 0 Å². The number of rotatable bonds is 12. The maximum atomic E-state index is 11.6. The first-order valence-electron chi connectivity index (χ1n) is 9.43. The molecule has 1 N–H and O–H groups in total. The van der Waals surface area contributed by atoms with E-state index < -0.39 is 34.7 Å². The number of carbonyl (C=O) groups is 2. The van der Waals surface area contributed by atoms with E-state index in [4.69, 9.17) is 18.7 Å². The summed E-state index contributed by atoms with van der Waals surface area (Å²) >= 11 is 0. The Morgan fingerprint density at radius 3 is 2.29 bits per heavy atom. The quantitative estimate of drug-likeness (QED) is 0.232. The van der Waals surface area contributed by atoms with Crippen LogP contribution in [-0.2, 0) is 23.2 Å². The Labute approximate surface area is 169 Å². The Hall–Kier alpha value is -1.75. The summed E-state index contributed by atoms with van der Waals surface area (Å²) in [4.78, 5) is 22.1. The lowest BCUT2D eigenvalue weighted by Crippen LogP contribution is -2.42. The van der Waals surface area contributed by atoms with Crippen molar-refractivity contribution >= 4 is 28.6 Å². The van der Waals surface area contributed by atoms with Gasteiger partial charge in [-0.05, 0) is 50.8 Å². The van der Waals surface area contributed by atoms with Crippen molar-refractivity contribution in [3.63, 3.8) is 0 Å². The van der Waals surface area contributed by atoms with Crippen LogP contribution in [-0.4, -0.2) is 46.9 Å². The molecule has 0 heterocycles. The van der Waals surface area contributed by atoms with Gasteiger partial charge >= 0.3 is 11.9 Å². The fourth-order valence-electron chi connectivity index (χ4n) is 2.86. The van der Waals surface area contributed by atoms with E-state index in [2.05, 4.69) is 32.7 Å². The number of carbonyl (C=O) groups excluding carboxylic acids is 1. The van der Waals surface area contributed by atoms with Crippen LogP contribution in [0.4, 0.5) is 0 Å². The normalized spacial score (nSPS) is 13.5. The Balaban J connectivity index is 2.58. The average Bonchev–Trinajstić information content (AvgIpc) is 2.58. The van der Waals surface area contributed by atoms with E-state index in [0.29, 0.717) is 6.61 Å². The van der Waals surface area contributed by atoms with Crippen molar-refractivity contribution in [2.75, 3.05) is 13.2 Å². The summed E-state index contributed by atoms with van der Waals surface area (Å²) in [6.45, 7) is 11.6. The predicted molar refractivity (Wildman–Crippen MR) is 114 cm³/mol. The molecule has 6 nitrogen and oxygen atoms in total. The molecule has 1 aromatic carbocycles. The van der Waals surface area contributed by atoms with E-state index >= 15 is 0 Å². The number of esters is 1. The molecule has 156 valence electrons. The lowest BCUT2D eigenvalue weighted by atomic mass is 10.1. The zero-order chi connectivity index (χ0) is 21.2. The van der Waals surface area contributed by atoms with Crippen LogP contribution in [0.5, 0.6) is 0 Å². The summed E-state index contributed by atoms with van der Waals surface area (Å²) in [5, 5.41) is 8.57. The Morgan fingerprint density at radius 1 is 1.07 bits per heavy atom. The molecule has 8 heteroatoms. The Bertz CT molecular complexity index is 652. The van der Waals surface area contributed by atoms with Crippen LogP contribution in [0.3, 0.4) is 0 Å². The zero-order valence-electron chi connectivity index (χ0n) is 17.4. The highest BCUT2D eigenvalue weighted by atomic mass is 28.4. The molecule has 0 bridgehead atoms. The molecular weight excluding hydrogens is 392 g/mol. The predicted octanol–water partition coefficient (Wildman–Crippen LogP) is 4.38. The lowest BCUT2D eigenvalue weighted by Gasteiger charge is -2.31. The van der Waals surface area contributed by atoms with Gasteiger partial charge in [-0.25, -0.2) is 9.59 Å². The Morgan fingerprint density at radius 2 is 1.71 bits per heavy atom. The first-order valence-corrected chi connectivity index (χ1v) is 16.0. The number of ether oxygens (including phenoxy) is 2. The number of hydrogen-bond acceptors (Lipinski definition) is 5. The summed E-state index contributed by atoms with van der Waals surface area (Å²) in [6.07, 6.45) is 2.13. The molecule has 0 aliphatic carbocycles. The van der Waals surface area contributed by atoms with Gasteiger partial charge in [-0.2, -0.15) is 0 Å². The highest BCUT2D eigenvalue weighted by molar-refractivity contribution is 6.84. The lowest BCUT2D eigenvalue weighted by molar-refractivity contribution is -0.142. The van der Waals surface area contributed by atoms with E-state index in [1.807, 2.05) is 30.3 Å². The smallest absolute Gasteiger partial charge is 0.331 e. The van der Waals surface area contributed by atoms with E-state index in [1.54, 1.807) is 0 Å². The van der Waals surface area contributed by atoms with Gasteiger partial charge in [0, 0.05) is 18.8 Å². The van der Waals surface area contributed by atoms with Gasteiger partial charge in [-0.3, -0.25) is 0 Å². The van der Waals surface area contributed by atoms with E-state index in [0.717, 1.165) is 30.2 Å². The van der Waals surface area contributed by atoms with Crippen molar-refractivity contribution < 1.29 is 28.3 Å². The van der Waals surface area contributed by atoms with Gasteiger partial charge in [0.25, 0.3) is 0 Å². The molecule has 0 saturated carbocycles. The van der Waals surface area contributed by atoms with Gasteiger partial charge in [-0.15, -0.1) is 0 Å². The van der Waals surface area contributed by atoms with Crippen LogP contribution in [0.2, 0.25) is 38.8 Å². The number of benzene rings is 1. The number of hydrogen-bond donors (Lipinski definition) is 1. The first-order chi connectivity index (χ1) is 13.0. The van der Waals surface area contributed by atoms with Gasteiger partial charge < -0.3 is 18.7 Å². The molecule has 1 rings (SSSR count). The van der Waals surface area contributed by atoms with Gasteiger partial charge in [-0.1, -0.05) is 30.3 Å². The van der Waals surface area contributed by atoms with Crippen molar-refractivity contribution in [1.29, 1.82) is 0 Å². The van der Waals surface area contributed by atoms with E-state index in [1.165, 1.54) is 0 Å². The molecular formula is C20H32O6Si2. The van der Waals surface area contributed by atoms with Crippen molar-refractivity contribution in [1.82, 2.24) is 0 Å². The maximum Gasteiger partial charge on any atom is 0.331 e. The van der Waals surface area contributed by atoms with E-state index in [9.17, 15) is 9.59 Å². The molecule has 28 heavy (non-hydrogen) atoms. The van der Waals surface area contributed by atoms with Crippen molar-refractivity contribution in [3.8, 4) is 0 Å². The number of carboxylic acid groups (broad SMARTS) is 1. The molecule has 0 saturated heterocycles. The van der Waals surface area contributed by atoms with Gasteiger partial charge in [0.1, 0.15) is 12.7 Å². The second-order valence-corrected chi connectivity index (χ2v) is 17.2. The van der Waals surface area contributed by atoms with Crippen molar-refractivity contribution in [3.05, 3.63) is 48.0 Å². The molecule has 0 aliphatic rings. The monoisotopic (exact) mass is 424 g/mol. The molecule has 0 spiro atoms. The zero-order valence-corrected chi connectivity index (χ0v) is 19.4. The minimum atomic E-state index is -1.72. The summed E-state index contributed by atoms with van der Waals surface area (Å²) in [6, 6.07) is 10.5. The molecule has 0 aromatic heterocycles.